The van der Waals surface area contributed by atoms with Crippen LogP contribution in [0.25, 0.3) is 0 Å². The summed E-state index contributed by atoms with van der Waals surface area (Å²) in [6.45, 7) is 6.02. The highest BCUT2D eigenvalue weighted by molar-refractivity contribution is 6.03. The average molecular weight is 379 g/mol. The van der Waals surface area contributed by atoms with E-state index in [1.807, 2.05) is 24.3 Å². The van der Waals surface area contributed by atoms with Crippen molar-refractivity contribution in [2.45, 2.75) is 33.1 Å². The van der Waals surface area contributed by atoms with E-state index in [-0.39, 0.29) is 24.1 Å². The first kappa shape index (κ1) is 19.6. The van der Waals surface area contributed by atoms with Crippen LogP contribution in [0.3, 0.4) is 0 Å². The van der Waals surface area contributed by atoms with Crippen LogP contribution in [-0.2, 0) is 14.4 Å². The number of hydrogen-bond donors (Lipinski definition) is 2. The van der Waals surface area contributed by atoms with Crippen molar-refractivity contribution in [1.29, 1.82) is 0 Å². The van der Waals surface area contributed by atoms with Crippen LogP contribution in [0.5, 0.6) is 0 Å². The third-order valence-electron chi connectivity index (χ3n) is 4.84. The highest BCUT2D eigenvalue weighted by Crippen LogP contribution is 2.27. The molecule has 3 amide bonds. The molecule has 0 aromatic heterocycles. The third-order valence-corrected chi connectivity index (χ3v) is 4.84. The molecule has 146 valence electrons. The van der Waals surface area contributed by atoms with Crippen molar-refractivity contribution in [3.05, 3.63) is 54.1 Å². The Hall–Kier alpha value is -3.15. The lowest BCUT2D eigenvalue weighted by Crippen LogP contribution is -2.28. The summed E-state index contributed by atoms with van der Waals surface area (Å²) >= 11 is 0. The lowest BCUT2D eigenvalue weighted by Gasteiger charge is -2.17. The molecule has 0 radical (unpaired) electrons. The number of rotatable bonds is 5. The van der Waals surface area contributed by atoms with Gasteiger partial charge in [0.15, 0.2) is 0 Å². The van der Waals surface area contributed by atoms with Gasteiger partial charge in [-0.1, -0.05) is 26.0 Å². The van der Waals surface area contributed by atoms with Crippen LogP contribution in [0.4, 0.5) is 17.1 Å². The van der Waals surface area contributed by atoms with Crippen molar-refractivity contribution in [1.82, 2.24) is 0 Å². The fourth-order valence-corrected chi connectivity index (χ4v) is 3.26. The van der Waals surface area contributed by atoms with Crippen LogP contribution in [0.1, 0.15) is 38.7 Å². The van der Waals surface area contributed by atoms with Gasteiger partial charge in [0.1, 0.15) is 0 Å². The summed E-state index contributed by atoms with van der Waals surface area (Å²) in [5.74, 6) is -0.344. The van der Waals surface area contributed by atoms with Crippen molar-refractivity contribution in [3.63, 3.8) is 0 Å². The summed E-state index contributed by atoms with van der Waals surface area (Å²) in [6.07, 6.45) is 0.184. The van der Waals surface area contributed by atoms with Gasteiger partial charge in [0.05, 0.1) is 5.92 Å². The average Bonchev–Trinajstić information content (AvgIpc) is 3.04. The Bertz CT molecular complexity index is 873. The number of nitrogens with one attached hydrogen (secondary N) is 2. The Morgan fingerprint density at radius 2 is 1.54 bits per heavy atom. The number of anilines is 3. The largest absolute Gasteiger partial charge is 0.326 e. The molecule has 1 unspecified atom stereocenters. The van der Waals surface area contributed by atoms with E-state index in [4.69, 9.17) is 0 Å². The van der Waals surface area contributed by atoms with E-state index < -0.39 is 5.92 Å². The second kappa shape index (κ2) is 8.25. The lowest BCUT2D eigenvalue weighted by molar-refractivity contribution is -0.122. The molecule has 1 aliphatic heterocycles. The number of carbonyl (C=O) groups is 3. The molecule has 0 aliphatic carbocycles. The standard InChI is InChI=1S/C22H25N3O3/c1-14(2)16-4-6-19(7-5-16)24-22(28)17-12-21(27)25(13-17)20-10-8-18(9-11-20)23-15(3)26/h4-11,14,17H,12-13H2,1-3H3,(H,23,26)(H,24,28). The first-order chi connectivity index (χ1) is 13.3. The van der Waals surface area contributed by atoms with Crippen molar-refractivity contribution in [3.8, 4) is 0 Å². The smallest absolute Gasteiger partial charge is 0.229 e. The highest BCUT2D eigenvalue weighted by atomic mass is 16.2. The minimum atomic E-state index is -0.396. The summed E-state index contributed by atoms with van der Waals surface area (Å²) in [4.78, 5) is 37.7. The summed E-state index contributed by atoms with van der Waals surface area (Å²) < 4.78 is 0. The zero-order valence-electron chi connectivity index (χ0n) is 16.4. The number of hydrogen-bond acceptors (Lipinski definition) is 3. The van der Waals surface area contributed by atoms with E-state index in [1.165, 1.54) is 12.5 Å². The number of amides is 3. The van der Waals surface area contributed by atoms with Crippen LogP contribution < -0.4 is 15.5 Å². The summed E-state index contributed by atoms with van der Waals surface area (Å²) in [7, 11) is 0. The molecule has 2 aromatic carbocycles. The Morgan fingerprint density at radius 1 is 0.964 bits per heavy atom. The minimum absolute atomic E-state index is 0.0809. The van der Waals surface area contributed by atoms with E-state index in [1.54, 1.807) is 29.2 Å². The molecule has 0 bridgehead atoms. The molecule has 2 N–H and O–H groups in total. The molecule has 1 atom stereocenters. The first-order valence-electron chi connectivity index (χ1n) is 9.42. The normalized spacial score (nSPS) is 16.4. The molecule has 0 spiro atoms. The Labute approximate surface area is 164 Å². The molecule has 1 heterocycles. The molecule has 28 heavy (non-hydrogen) atoms. The zero-order valence-corrected chi connectivity index (χ0v) is 16.4. The van der Waals surface area contributed by atoms with Gasteiger partial charge in [0.25, 0.3) is 0 Å². The van der Waals surface area contributed by atoms with Crippen LogP contribution in [0.2, 0.25) is 0 Å². The van der Waals surface area contributed by atoms with Gasteiger partial charge in [-0.25, -0.2) is 0 Å². The molecule has 2 aromatic rings. The van der Waals surface area contributed by atoms with Gasteiger partial charge in [-0.15, -0.1) is 0 Å². The first-order valence-corrected chi connectivity index (χ1v) is 9.42. The van der Waals surface area contributed by atoms with Gasteiger partial charge in [0.2, 0.25) is 17.7 Å². The van der Waals surface area contributed by atoms with Crippen LogP contribution in [-0.4, -0.2) is 24.3 Å². The summed E-state index contributed by atoms with van der Waals surface area (Å²) in [6, 6.07) is 14.8. The predicted octanol–water partition coefficient (Wildman–Crippen LogP) is 3.76. The highest BCUT2D eigenvalue weighted by Gasteiger charge is 2.35. The zero-order chi connectivity index (χ0) is 20.3. The lowest BCUT2D eigenvalue weighted by atomic mass is 10.0. The van der Waals surface area contributed by atoms with E-state index in [9.17, 15) is 14.4 Å². The quantitative estimate of drug-likeness (QED) is 0.830. The van der Waals surface area contributed by atoms with E-state index in [0.717, 1.165) is 11.4 Å². The molecular weight excluding hydrogens is 354 g/mol. The van der Waals surface area contributed by atoms with Crippen molar-refractivity contribution in [2.24, 2.45) is 5.92 Å². The maximum atomic E-state index is 12.6. The third kappa shape index (κ3) is 4.57. The SMILES string of the molecule is CC(=O)Nc1ccc(N2CC(C(=O)Nc3ccc(C(C)C)cc3)CC2=O)cc1. The Kier molecular flexibility index (Phi) is 5.78. The molecule has 6 heteroatoms. The van der Waals surface area contributed by atoms with E-state index in [2.05, 4.69) is 24.5 Å². The second-order valence-electron chi connectivity index (χ2n) is 7.40. The minimum Gasteiger partial charge on any atom is -0.326 e. The van der Waals surface area contributed by atoms with Gasteiger partial charge >= 0.3 is 0 Å². The fourth-order valence-electron chi connectivity index (χ4n) is 3.26. The van der Waals surface area contributed by atoms with Crippen LogP contribution in [0.15, 0.2) is 48.5 Å². The van der Waals surface area contributed by atoms with Crippen molar-refractivity contribution in [2.75, 3.05) is 22.1 Å². The topological polar surface area (TPSA) is 78.5 Å². The molecule has 1 fully saturated rings. The van der Waals surface area contributed by atoms with Gasteiger partial charge < -0.3 is 15.5 Å². The van der Waals surface area contributed by atoms with Crippen LogP contribution >= 0.6 is 0 Å². The van der Waals surface area contributed by atoms with Crippen LogP contribution in [0, 0.1) is 5.92 Å². The van der Waals surface area contributed by atoms with Gasteiger partial charge in [-0.05, 0) is 47.9 Å². The fraction of sp³-hybridized carbons (Fsp3) is 0.318. The summed E-state index contributed by atoms with van der Waals surface area (Å²) in [5, 5.41) is 5.60. The predicted molar refractivity (Wildman–Crippen MR) is 110 cm³/mol. The van der Waals surface area contributed by atoms with Gasteiger partial charge in [-0.2, -0.15) is 0 Å². The van der Waals surface area contributed by atoms with Gasteiger partial charge in [0, 0.05) is 37.0 Å². The van der Waals surface area contributed by atoms with E-state index in [0.29, 0.717) is 18.2 Å². The molecule has 1 saturated heterocycles. The monoisotopic (exact) mass is 379 g/mol. The van der Waals surface area contributed by atoms with E-state index >= 15 is 0 Å². The van der Waals surface area contributed by atoms with Crippen molar-refractivity contribution >= 4 is 34.8 Å². The molecule has 3 rings (SSSR count). The number of carbonyl (C=O) groups excluding carboxylic acids is 3. The Morgan fingerprint density at radius 3 is 2.11 bits per heavy atom. The van der Waals surface area contributed by atoms with Gasteiger partial charge in [-0.3, -0.25) is 14.4 Å². The van der Waals surface area contributed by atoms with Crippen molar-refractivity contribution < 1.29 is 14.4 Å². The molecule has 0 saturated carbocycles. The second-order valence-corrected chi connectivity index (χ2v) is 7.40. The summed E-state index contributed by atoms with van der Waals surface area (Å²) in [5.41, 5.74) is 3.33. The molecule has 1 aliphatic rings. The number of nitrogens with zero attached hydrogens (tertiary/aromatic N) is 1. The molecule has 6 nitrogen and oxygen atoms in total. The number of benzene rings is 2. The maximum absolute atomic E-state index is 12.6. The molecular formula is C22H25N3O3. The maximum Gasteiger partial charge on any atom is 0.229 e. The Balaban J connectivity index is 1.63.